The van der Waals surface area contributed by atoms with Crippen molar-refractivity contribution in [3.05, 3.63) is 56.4 Å². The van der Waals surface area contributed by atoms with Gasteiger partial charge in [0.15, 0.2) is 4.34 Å². The van der Waals surface area contributed by atoms with Gasteiger partial charge in [-0.3, -0.25) is 4.79 Å². The minimum atomic E-state index is -1.05. The van der Waals surface area contributed by atoms with E-state index in [0.717, 1.165) is 27.8 Å². The summed E-state index contributed by atoms with van der Waals surface area (Å²) in [5.41, 5.74) is 2.33. The molecule has 0 bridgehead atoms. The Morgan fingerprint density at radius 3 is 2.70 bits per heavy atom. The van der Waals surface area contributed by atoms with Crippen molar-refractivity contribution in [2.24, 2.45) is 0 Å². The molecule has 3 aromatic heterocycles. The fourth-order valence-electron chi connectivity index (χ4n) is 2.86. The van der Waals surface area contributed by atoms with Crippen molar-refractivity contribution in [1.29, 1.82) is 0 Å². The zero-order valence-corrected chi connectivity index (χ0v) is 18.5. The smallest absolute Gasteiger partial charge is 0.346 e. The minimum Gasteiger partial charge on any atom is -0.477 e. The summed E-state index contributed by atoms with van der Waals surface area (Å²) in [4.78, 5) is 31.4. The second-order valence-corrected chi connectivity index (χ2v) is 9.59. The van der Waals surface area contributed by atoms with Gasteiger partial charge in [-0.15, -0.1) is 21.5 Å². The van der Waals surface area contributed by atoms with Crippen LogP contribution >= 0.6 is 34.4 Å². The summed E-state index contributed by atoms with van der Waals surface area (Å²) in [6.07, 6.45) is 0.991. The van der Waals surface area contributed by atoms with Crippen LogP contribution in [-0.4, -0.2) is 31.2 Å². The number of carboxylic acids is 1. The summed E-state index contributed by atoms with van der Waals surface area (Å²) in [5.74, 6) is -0.190. The fourth-order valence-corrected chi connectivity index (χ4v) is 5.54. The van der Waals surface area contributed by atoms with Crippen molar-refractivity contribution in [2.45, 2.75) is 30.4 Å². The highest BCUT2D eigenvalue weighted by atomic mass is 32.2. The second-order valence-electron chi connectivity index (χ2n) is 6.39. The molecule has 0 saturated carbocycles. The topological polar surface area (TPSA) is 121 Å². The summed E-state index contributed by atoms with van der Waals surface area (Å²) >= 11 is 3.83. The predicted octanol–water partition coefficient (Wildman–Crippen LogP) is 4.44. The van der Waals surface area contributed by atoms with E-state index in [2.05, 4.69) is 44.5 Å². The molecule has 0 unspecified atom stereocenters. The normalized spacial score (nSPS) is 11.1. The van der Waals surface area contributed by atoms with Crippen LogP contribution in [-0.2, 0) is 12.2 Å². The highest BCUT2D eigenvalue weighted by Crippen LogP contribution is 2.31. The van der Waals surface area contributed by atoms with Crippen LogP contribution in [0.1, 0.15) is 33.5 Å². The summed E-state index contributed by atoms with van der Waals surface area (Å²) in [5, 5.41) is 21.8. The number of carboxylic acid groups (broad SMARTS) is 1. The molecule has 154 valence electrons. The molecule has 4 rings (SSSR count). The molecule has 0 aliphatic carbocycles. The molecule has 0 aliphatic rings. The van der Waals surface area contributed by atoms with Gasteiger partial charge in [0, 0.05) is 5.69 Å². The zero-order chi connectivity index (χ0) is 21.3. The number of carbonyl (C=O) groups is 1. The van der Waals surface area contributed by atoms with Crippen molar-refractivity contribution in [1.82, 2.24) is 20.2 Å². The molecule has 0 aliphatic heterocycles. The maximum atomic E-state index is 12.4. The SMILES string of the molecule is CCc1ccc(Nc2nnc(SCc3nc4sc(C(=O)O)c(C)c4c(=O)[nH]3)s2)cc1. The van der Waals surface area contributed by atoms with Crippen molar-refractivity contribution in [3.63, 3.8) is 0 Å². The Balaban J connectivity index is 1.46. The molecule has 8 nitrogen and oxygen atoms in total. The number of hydrogen-bond donors (Lipinski definition) is 3. The molecular formula is C19H17N5O3S3. The lowest BCUT2D eigenvalue weighted by Crippen LogP contribution is -2.11. The maximum Gasteiger partial charge on any atom is 0.346 e. The molecule has 0 fully saturated rings. The van der Waals surface area contributed by atoms with Crippen LogP contribution in [0.2, 0.25) is 0 Å². The lowest BCUT2D eigenvalue weighted by atomic mass is 10.1. The van der Waals surface area contributed by atoms with E-state index in [0.29, 0.717) is 32.5 Å². The van der Waals surface area contributed by atoms with Crippen LogP contribution in [0, 0.1) is 6.92 Å². The van der Waals surface area contributed by atoms with E-state index in [1.807, 2.05) is 12.1 Å². The van der Waals surface area contributed by atoms with Crippen LogP contribution in [0.4, 0.5) is 10.8 Å². The number of anilines is 2. The number of thiophene rings is 1. The summed E-state index contributed by atoms with van der Waals surface area (Å²) in [7, 11) is 0. The number of thioether (sulfide) groups is 1. The Morgan fingerprint density at radius 2 is 2.00 bits per heavy atom. The molecule has 0 atom stereocenters. The number of fused-ring (bicyclic) bond motifs is 1. The Morgan fingerprint density at radius 1 is 1.23 bits per heavy atom. The van der Waals surface area contributed by atoms with Gasteiger partial charge in [0.1, 0.15) is 15.5 Å². The van der Waals surface area contributed by atoms with Crippen LogP contribution in [0.3, 0.4) is 0 Å². The summed E-state index contributed by atoms with van der Waals surface area (Å²) < 4.78 is 0.735. The maximum absolute atomic E-state index is 12.4. The lowest BCUT2D eigenvalue weighted by molar-refractivity contribution is 0.0701. The highest BCUT2D eigenvalue weighted by Gasteiger charge is 2.18. The van der Waals surface area contributed by atoms with Gasteiger partial charge in [-0.2, -0.15) is 0 Å². The standard InChI is InChI=1S/C19H17N5O3S3/c1-3-10-4-6-11(7-5-10)20-18-23-24-19(30-18)28-8-12-21-15(25)13-9(2)14(17(26)27)29-16(13)22-12/h4-7H,3,8H2,1-2H3,(H,20,23)(H,26,27)(H,21,22,25). The van der Waals surface area contributed by atoms with Gasteiger partial charge in [-0.25, -0.2) is 9.78 Å². The van der Waals surface area contributed by atoms with Gasteiger partial charge in [0.2, 0.25) is 5.13 Å². The van der Waals surface area contributed by atoms with E-state index in [1.54, 1.807) is 6.92 Å². The third kappa shape index (κ3) is 4.23. The van der Waals surface area contributed by atoms with Crippen LogP contribution in [0.25, 0.3) is 10.2 Å². The van der Waals surface area contributed by atoms with Crippen molar-refractivity contribution < 1.29 is 9.90 Å². The van der Waals surface area contributed by atoms with Gasteiger partial charge < -0.3 is 15.4 Å². The van der Waals surface area contributed by atoms with E-state index < -0.39 is 5.97 Å². The lowest BCUT2D eigenvalue weighted by Gasteiger charge is -2.02. The zero-order valence-electron chi connectivity index (χ0n) is 16.1. The Hall–Kier alpha value is -2.76. The molecule has 3 N–H and O–H groups in total. The fraction of sp³-hybridized carbons (Fsp3) is 0.211. The van der Waals surface area contributed by atoms with Crippen LogP contribution in [0.15, 0.2) is 33.4 Å². The molecule has 11 heteroatoms. The number of benzene rings is 1. The first-order chi connectivity index (χ1) is 14.4. The molecule has 30 heavy (non-hydrogen) atoms. The first-order valence-electron chi connectivity index (χ1n) is 9.02. The largest absolute Gasteiger partial charge is 0.477 e. The monoisotopic (exact) mass is 459 g/mol. The number of rotatable bonds is 7. The molecule has 4 aromatic rings. The molecular weight excluding hydrogens is 442 g/mol. The van der Waals surface area contributed by atoms with E-state index in [4.69, 9.17) is 0 Å². The van der Waals surface area contributed by atoms with E-state index in [-0.39, 0.29) is 10.4 Å². The number of aryl methyl sites for hydroxylation is 2. The van der Waals surface area contributed by atoms with Gasteiger partial charge in [0.05, 0.1) is 11.1 Å². The van der Waals surface area contributed by atoms with Crippen molar-refractivity contribution >= 4 is 61.4 Å². The van der Waals surface area contributed by atoms with Gasteiger partial charge in [0.25, 0.3) is 5.56 Å². The summed E-state index contributed by atoms with van der Waals surface area (Å²) in [6.45, 7) is 3.74. The Labute approximate surface area is 183 Å². The number of aromatic carboxylic acids is 1. The van der Waals surface area contributed by atoms with Crippen LogP contribution in [0.5, 0.6) is 0 Å². The first-order valence-corrected chi connectivity index (χ1v) is 11.6. The van der Waals surface area contributed by atoms with Crippen molar-refractivity contribution in [3.8, 4) is 0 Å². The molecule has 0 amide bonds. The Kier molecular flexibility index (Phi) is 5.84. The van der Waals surface area contributed by atoms with Gasteiger partial charge in [-0.1, -0.05) is 42.2 Å². The van der Waals surface area contributed by atoms with Crippen LogP contribution < -0.4 is 10.9 Å². The third-order valence-corrected chi connectivity index (χ3v) is 7.55. The highest BCUT2D eigenvalue weighted by molar-refractivity contribution is 8.00. The molecule has 1 aromatic carbocycles. The predicted molar refractivity (Wildman–Crippen MR) is 121 cm³/mol. The second kappa shape index (κ2) is 8.54. The minimum absolute atomic E-state index is 0.139. The number of H-pyrrole nitrogens is 1. The van der Waals surface area contributed by atoms with Crippen molar-refractivity contribution in [2.75, 3.05) is 5.32 Å². The van der Waals surface area contributed by atoms with Gasteiger partial charge >= 0.3 is 5.97 Å². The van der Waals surface area contributed by atoms with E-state index in [9.17, 15) is 14.7 Å². The molecule has 3 heterocycles. The molecule has 0 spiro atoms. The average Bonchev–Trinajstić information content (AvgIpc) is 3.31. The Bertz CT molecular complexity index is 1280. The number of aromatic amines is 1. The quantitative estimate of drug-likeness (QED) is 0.347. The average molecular weight is 460 g/mol. The molecule has 0 saturated heterocycles. The third-order valence-electron chi connectivity index (χ3n) is 4.40. The molecule has 0 radical (unpaired) electrons. The first kappa shape index (κ1) is 20.5. The number of nitrogens with one attached hydrogen (secondary N) is 2. The summed E-state index contributed by atoms with van der Waals surface area (Å²) in [6, 6.07) is 8.15. The number of hydrogen-bond acceptors (Lipinski definition) is 9. The van der Waals surface area contributed by atoms with E-state index in [1.165, 1.54) is 28.7 Å². The number of nitrogens with zero attached hydrogens (tertiary/aromatic N) is 3. The van der Waals surface area contributed by atoms with E-state index >= 15 is 0 Å². The van der Waals surface area contributed by atoms with Gasteiger partial charge in [-0.05, 0) is 36.6 Å². The number of aromatic nitrogens is 4.